The van der Waals surface area contributed by atoms with Crippen LogP contribution in [0.5, 0.6) is 5.75 Å². The van der Waals surface area contributed by atoms with Gasteiger partial charge >= 0.3 is 0 Å². The molecule has 0 aromatic heterocycles. The van der Waals surface area contributed by atoms with Crippen LogP contribution in [0.2, 0.25) is 0 Å². The van der Waals surface area contributed by atoms with Crippen molar-refractivity contribution in [1.29, 1.82) is 0 Å². The number of benzene rings is 1. The molecular formula is C9H14N2O. The predicted molar refractivity (Wildman–Crippen MR) is 50.2 cm³/mol. The molecule has 3 nitrogen and oxygen atoms in total. The third-order valence-electron chi connectivity index (χ3n) is 1.74. The van der Waals surface area contributed by atoms with Gasteiger partial charge in [0, 0.05) is 5.56 Å². The summed E-state index contributed by atoms with van der Waals surface area (Å²) in [6, 6.07) is 5.75. The lowest BCUT2D eigenvalue weighted by Crippen LogP contribution is -2.08. The molecule has 3 N–H and O–H groups in total. The Bertz CT molecular complexity index is 261. The Hall–Kier alpha value is -1.22. The van der Waals surface area contributed by atoms with E-state index in [1.54, 1.807) is 0 Å². The van der Waals surface area contributed by atoms with E-state index in [0.717, 1.165) is 17.0 Å². The van der Waals surface area contributed by atoms with Crippen molar-refractivity contribution in [3.8, 4) is 5.75 Å². The number of hydrogen-bond acceptors (Lipinski definition) is 3. The van der Waals surface area contributed by atoms with Crippen LogP contribution in [-0.4, -0.2) is 6.61 Å². The van der Waals surface area contributed by atoms with Crippen LogP contribution in [-0.2, 0) is 0 Å². The molecule has 0 aliphatic carbocycles. The molecule has 0 aliphatic rings. The summed E-state index contributed by atoms with van der Waals surface area (Å²) in [5.41, 5.74) is 4.56. The molecule has 3 heteroatoms. The van der Waals surface area contributed by atoms with Crippen LogP contribution >= 0.6 is 0 Å². The Kier molecular flexibility index (Phi) is 2.94. The first-order chi connectivity index (χ1) is 5.79. The van der Waals surface area contributed by atoms with Crippen molar-refractivity contribution in [1.82, 2.24) is 0 Å². The van der Waals surface area contributed by atoms with E-state index in [4.69, 9.17) is 10.6 Å². The van der Waals surface area contributed by atoms with Gasteiger partial charge in [0.1, 0.15) is 5.75 Å². The van der Waals surface area contributed by atoms with Crippen LogP contribution in [0.4, 0.5) is 5.69 Å². The largest absolute Gasteiger partial charge is 0.494 e. The molecule has 0 saturated heterocycles. The maximum Gasteiger partial charge on any atom is 0.124 e. The fraction of sp³-hybridized carbons (Fsp3) is 0.333. The quantitative estimate of drug-likeness (QED) is 0.530. The highest BCUT2D eigenvalue weighted by Gasteiger charge is 2.01. The van der Waals surface area contributed by atoms with Gasteiger partial charge in [-0.1, -0.05) is 6.07 Å². The smallest absolute Gasteiger partial charge is 0.124 e. The van der Waals surface area contributed by atoms with E-state index in [1.165, 1.54) is 0 Å². The molecule has 1 rings (SSSR count). The van der Waals surface area contributed by atoms with Gasteiger partial charge in [0.2, 0.25) is 0 Å². The number of nitrogens with two attached hydrogens (primary N) is 1. The van der Waals surface area contributed by atoms with Crippen LogP contribution in [0, 0.1) is 6.92 Å². The first kappa shape index (κ1) is 8.87. The molecule has 0 aliphatic heterocycles. The molecule has 66 valence electrons. The zero-order chi connectivity index (χ0) is 8.97. The highest BCUT2D eigenvalue weighted by atomic mass is 16.5. The number of hydrazine groups is 1. The van der Waals surface area contributed by atoms with Crippen molar-refractivity contribution in [3.05, 3.63) is 23.8 Å². The minimum Gasteiger partial charge on any atom is -0.494 e. The number of nitrogen functional groups attached to an aromatic ring is 1. The van der Waals surface area contributed by atoms with Crippen molar-refractivity contribution in [3.63, 3.8) is 0 Å². The monoisotopic (exact) mass is 166 g/mol. The van der Waals surface area contributed by atoms with Crippen molar-refractivity contribution in [2.45, 2.75) is 13.8 Å². The molecule has 0 saturated carbocycles. The standard InChI is InChI=1S/C9H14N2O/c1-3-12-9-6-4-5-8(11-10)7(9)2/h4-6,11H,3,10H2,1-2H3. The van der Waals surface area contributed by atoms with Crippen LogP contribution in [0.1, 0.15) is 12.5 Å². The first-order valence-corrected chi connectivity index (χ1v) is 3.98. The van der Waals surface area contributed by atoms with Gasteiger partial charge in [0.25, 0.3) is 0 Å². The fourth-order valence-electron chi connectivity index (χ4n) is 1.08. The fourth-order valence-corrected chi connectivity index (χ4v) is 1.08. The molecule has 0 spiro atoms. The van der Waals surface area contributed by atoms with Crippen molar-refractivity contribution < 1.29 is 4.74 Å². The summed E-state index contributed by atoms with van der Waals surface area (Å²) >= 11 is 0. The third kappa shape index (κ3) is 1.68. The van der Waals surface area contributed by atoms with Gasteiger partial charge in [-0.2, -0.15) is 0 Å². The van der Waals surface area contributed by atoms with Crippen LogP contribution in [0.25, 0.3) is 0 Å². The van der Waals surface area contributed by atoms with E-state index in [-0.39, 0.29) is 0 Å². The molecule has 0 radical (unpaired) electrons. The Morgan fingerprint density at radius 2 is 2.25 bits per heavy atom. The second kappa shape index (κ2) is 3.97. The average Bonchev–Trinajstić information content (AvgIpc) is 2.09. The summed E-state index contributed by atoms with van der Waals surface area (Å²) in [5.74, 6) is 6.19. The second-order valence-electron chi connectivity index (χ2n) is 2.51. The number of ether oxygens (including phenoxy) is 1. The predicted octanol–water partition coefficient (Wildman–Crippen LogP) is 1.68. The van der Waals surface area contributed by atoms with E-state index in [0.29, 0.717) is 6.61 Å². The summed E-state index contributed by atoms with van der Waals surface area (Å²) in [7, 11) is 0. The van der Waals surface area contributed by atoms with Crippen LogP contribution in [0.3, 0.4) is 0 Å². The lowest BCUT2D eigenvalue weighted by Gasteiger charge is -2.10. The van der Waals surface area contributed by atoms with Gasteiger partial charge in [-0.25, -0.2) is 0 Å². The minimum absolute atomic E-state index is 0.675. The van der Waals surface area contributed by atoms with Gasteiger partial charge in [0.15, 0.2) is 0 Å². The molecule has 1 aromatic rings. The summed E-state index contributed by atoms with van der Waals surface area (Å²) < 4.78 is 5.38. The van der Waals surface area contributed by atoms with Crippen LogP contribution < -0.4 is 16.0 Å². The SMILES string of the molecule is CCOc1cccc(NN)c1C. The maximum absolute atomic E-state index is 5.38. The molecule has 0 bridgehead atoms. The van der Waals surface area contributed by atoms with E-state index in [2.05, 4.69) is 5.43 Å². The Labute approximate surface area is 72.5 Å². The molecular weight excluding hydrogens is 152 g/mol. The van der Waals surface area contributed by atoms with Crippen molar-refractivity contribution >= 4 is 5.69 Å². The molecule has 0 atom stereocenters. The zero-order valence-corrected chi connectivity index (χ0v) is 7.42. The van der Waals surface area contributed by atoms with E-state index < -0.39 is 0 Å². The lowest BCUT2D eigenvalue weighted by atomic mass is 10.2. The Morgan fingerprint density at radius 1 is 1.50 bits per heavy atom. The molecule has 1 aromatic carbocycles. The van der Waals surface area contributed by atoms with Gasteiger partial charge in [-0.05, 0) is 26.0 Å². The van der Waals surface area contributed by atoms with E-state index >= 15 is 0 Å². The molecule has 12 heavy (non-hydrogen) atoms. The third-order valence-corrected chi connectivity index (χ3v) is 1.74. The van der Waals surface area contributed by atoms with Crippen molar-refractivity contribution in [2.75, 3.05) is 12.0 Å². The summed E-state index contributed by atoms with van der Waals surface area (Å²) in [6.45, 7) is 4.61. The minimum atomic E-state index is 0.675. The normalized spacial score (nSPS) is 9.58. The summed E-state index contributed by atoms with van der Waals surface area (Å²) in [4.78, 5) is 0. The average molecular weight is 166 g/mol. The molecule has 0 heterocycles. The molecule has 0 fully saturated rings. The maximum atomic E-state index is 5.38. The highest BCUT2D eigenvalue weighted by Crippen LogP contribution is 2.24. The number of rotatable bonds is 3. The van der Waals surface area contributed by atoms with E-state index in [9.17, 15) is 0 Å². The van der Waals surface area contributed by atoms with Gasteiger partial charge in [-0.15, -0.1) is 0 Å². The first-order valence-electron chi connectivity index (χ1n) is 3.98. The number of hydrogen-bond donors (Lipinski definition) is 2. The highest BCUT2D eigenvalue weighted by molar-refractivity contribution is 5.55. The number of nitrogens with one attached hydrogen (secondary N) is 1. The topological polar surface area (TPSA) is 47.3 Å². The van der Waals surface area contributed by atoms with Crippen LogP contribution in [0.15, 0.2) is 18.2 Å². The Morgan fingerprint density at radius 3 is 2.83 bits per heavy atom. The second-order valence-corrected chi connectivity index (χ2v) is 2.51. The summed E-state index contributed by atoms with van der Waals surface area (Å²) in [5, 5.41) is 0. The zero-order valence-electron chi connectivity index (χ0n) is 7.42. The lowest BCUT2D eigenvalue weighted by molar-refractivity contribution is 0.338. The Balaban J connectivity index is 2.97. The molecule has 0 amide bonds. The van der Waals surface area contributed by atoms with Crippen molar-refractivity contribution in [2.24, 2.45) is 5.84 Å². The van der Waals surface area contributed by atoms with Gasteiger partial charge in [-0.3, -0.25) is 5.84 Å². The van der Waals surface area contributed by atoms with E-state index in [1.807, 2.05) is 32.0 Å². The van der Waals surface area contributed by atoms with Gasteiger partial charge < -0.3 is 10.2 Å². The summed E-state index contributed by atoms with van der Waals surface area (Å²) in [6.07, 6.45) is 0. The van der Waals surface area contributed by atoms with Gasteiger partial charge in [0.05, 0.1) is 12.3 Å². The number of anilines is 1. The molecule has 0 unspecified atom stereocenters.